The maximum absolute atomic E-state index is 15.1. The van der Waals surface area contributed by atoms with E-state index in [1.807, 2.05) is 0 Å². The van der Waals surface area contributed by atoms with Gasteiger partial charge in [0.1, 0.15) is 0 Å². The standard InChI is InChI=1S/C35H41F7O5/c1-2-3-4-5-20-18-44-34(45-19-20)23-8-6-21(7-9-23)22-10-12-26(13-11-22)47-35(41,42)25-16-29(38)32(30(39)17-25)46-33(43)24-14-27(36)31(40)28(37)15-24/h14-17,20-23,26,34H,2-13,18-19H2,1H3. The number of rotatable bonds is 11. The Kier molecular flexibility index (Phi) is 11.9. The number of hydrogen-bond donors (Lipinski definition) is 0. The minimum absolute atomic E-state index is 0.149. The van der Waals surface area contributed by atoms with Crippen LogP contribution in [0.3, 0.4) is 0 Å². The van der Waals surface area contributed by atoms with Gasteiger partial charge in [-0.1, -0.05) is 26.2 Å². The molecule has 2 aromatic rings. The summed E-state index contributed by atoms with van der Waals surface area (Å²) in [5, 5.41) is 0. The molecular weight excluding hydrogens is 633 g/mol. The summed E-state index contributed by atoms with van der Waals surface area (Å²) in [5.74, 6) is -9.90. The van der Waals surface area contributed by atoms with E-state index < -0.39 is 64.1 Å². The van der Waals surface area contributed by atoms with Crippen molar-refractivity contribution in [2.45, 2.75) is 102 Å². The second kappa shape index (κ2) is 15.7. The van der Waals surface area contributed by atoms with Crippen LogP contribution in [0.2, 0.25) is 0 Å². The summed E-state index contributed by atoms with van der Waals surface area (Å²) in [6, 6.07) is 1.09. The van der Waals surface area contributed by atoms with Crippen molar-refractivity contribution in [3.63, 3.8) is 0 Å². The van der Waals surface area contributed by atoms with E-state index in [4.69, 9.17) is 14.2 Å². The van der Waals surface area contributed by atoms with E-state index in [0.29, 0.717) is 49.4 Å². The molecule has 2 aromatic carbocycles. The molecule has 0 aromatic heterocycles. The molecule has 0 unspecified atom stereocenters. The molecule has 2 saturated carbocycles. The maximum atomic E-state index is 15.1. The number of benzene rings is 2. The van der Waals surface area contributed by atoms with Gasteiger partial charge in [-0.05, 0) is 93.9 Å². The fraction of sp³-hybridized carbons (Fsp3) is 0.629. The van der Waals surface area contributed by atoms with E-state index in [1.165, 1.54) is 19.3 Å². The summed E-state index contributed by atoms with van der Waals surface area (Å²) in [5.41, 5.74) is -1.99. The zero-order valence-electron chi connectivity index (χ0n) is 26.4. The average Bonchev–Trinajstić information content (AvgIpc) is 3.05. The Hall–Kier alpha value is -2.70. The van der Waals surface area contributed by atoms with Gasteiger partial charge in [0.15, 0.2) is 35.4 Å². The fourth-order valence-corrected chi connectivity index (χ4v) is 7.17. The molecule has 1 saturated heterocycles. The highest BCUT2D eigenvalue weighted by Gasteiger charge is 2.41. The van der Waals surface area contributed by atoms with Crippen molar-refractivity contribution < 1.29 is 54.5 Å². The van der Waals surface area contributed by atoms with E-state index in [9.17, 15) is 26.7 Å². The molecule has 0 atom stereocenters. The van der Waals surface area contributed by atoms with Gasteiger partial charge in [0.2, 0.25) is 5.75 Å². The van der Waals surface area contributed by atoms with Crippen LogP contribution in [0.5, 0.6) is 5.75 Å². The highest BCUT2D eigenvalue weighted by Crippen LogP contribution is 2.44. The van der Waals surface area contributed by atoms with E-state index >= 15 is 8.78 Å². The number of unbranched alkanes of at least 4 members (excludes halogenated alkanes) is 2. The van der Waals surface area contributed by atoms with Gasteiger partial charge in [-0.2, -0.15) is 8.78 Å². The van der Waals surface area contributed by atoms with Crippen LogP contribution in [0.4, 0.5) is 30.7 Å². The second-order valence-corrected chi connectivity index (χ2v) is 13.2. The van der Waals surface area contributed by atoms with Gasteiger partial charge in [-0.3, -0.25) is 0 Å². The summed E-state index contributed by atoms with van der Waals surface area (Å²) in [4.78, 5) is 12.2. The number of esters is 1. The third-order valence-corrected chi connectivity index (χ3v) is 9.86. The number of carbonyl (C=O) groups excluding carboxylic acids is 1. The van der Waals surface area contributed by atoms with Crippen molar-refractivity contribution in [3.8, 4) is 5.75 Å². The SMILES string of the molecule is CCCCCC1COC(C2CCC(C3CCC(OC(F)(F)c4cc(F)c(OC(=O)c5cc(F)c(F)c(F)c5)c(F)c4)CC3)CC2)OC1. The number of ether oxygens (including phenoxy) is 4. The first-order valence-corrected chi connectivity index (χ1v) is 16.6. The zero-order valence-corrected chi connectivity index (χ0v) is 26.4. The van der Waals surface area contributed by atoms with E-state index in [1.54, 1.807) is 0 Å². The van der Waals surface area contributed by atoms with Crippen LogP contribution < -0.4 is 4.74 Å². The van der Waals surface area contributed by atoms with Crippen LogP contribution in [-0.2, 0) is 20.3 Å². The molecule has 5 nitrogen and oxygen atoms in total. The van der Waals surface area contributed by atoms with Gasteiger partial charge in [-0.15, -0.1) is 0 Å². The smallest absolute Gasteiger partial charge is 0.383 e. The fourth-order valence-electron chi connectivity index (χ4n) is 7.17. The molecular formula is C35H41F7O5. The van der Waals surface area contributed by atoms with E-state index in [0.717, 1.165) is 45.3 Å². The molecule has 1 heterocycles. The number of carbonyl (C=O) groups is 1. The molecule has 0 bridgehead atoms. The molecule has 0 radical (unpaired) electrons. The predicted octanol–water partition coefficient (Wildman–Crippen LogP) is 9.60. The molecule has 3 aliphatic rings. The van der Waals surface area contributed by atoms with Gasteiger partial charge in [-0.25, -0.2) is 26.7 Å². The first-order valence-electron chi connectivity index (χ1n) is 16.6. The molecule has 47 heavy (non-hydrogen) atoms. The Bertz CT molecular complexity index is 1320. The van der Waals surface area contributed by atoms with Gasteiger partial charge in [0.25, 0.3) is 0 Å². The van der Waals surface area contributed by atoms with Crippen LogP contribution in [0, 0.1) is 52.8 Å². The van der Waals surface area contributed by atoms with Crippen molar-refractivity contribution in [1.82, 2.24) is 0 Å². The minimum atomic E-state index is -4.04. The Morgan fingerprint density at radius 3 is 1.85 bits per heavy atom. The molecule has 12 heteroatoms. The van der Waals surface area contributed by atoms with E-state index in [-0.39, 0.29) is 30.6 Å². The Balaban J connectivity index is 1.08. The Morgan fingerprint density at radius 2 is 1.30 bits per heavy atom. The molecule has 3 fully saturated rings. The monoisotopic (exact) mass is 674 g/mol. The van der Waals surface area contributed by atoms with Gasteiger partial charge in [0.05, 0.1) is 30.4 Å². The third kappa shape index (κ3) is 8.86. The third-order valence-electron chi connectivity index (χ3n) is 9.86. The highest BCUT2D eigenvalue weighted by molar-refractivity contribution is 5.91. The number of alkyl halides is 2. The molecule has 1 aliphatic heterocycles. The van der Waals surface area contributed by atoms with Crippen LogP contribution in [-0.4, -0.2) is 31.6 Å². The van der Waals surface area contributed by atoms with Gasteiger partial charge >= 0.3 is 12.1 Å². The summed E-state index contributed by atoms with van der Waals surface area (Å²) >= 11 is 0. The predicted molar refractivity (Wildman–Crippen MR) is 157 cm³/mol. The van der Waals surface area contributed by atoms with Crippen LogP contribution in [0.25, 0.3) is 0 Å². The van der Waals surface area contributed by atoms with Crippen molar-refractivity contribution >= 4 is 5.97 Å². The highest BCUT2D eigenvalue weighted by atomic mass is 19.3. The molecule has 2 aliphatic carbocycles. The largest absolute Gasteiger partial charge is 0.417 e. The number of hydrogen-bond acceptors (Lipinski definition) is 5. The zero-order chi connectivity index (χ0) is 33.7. The Labute approximate surface area is 270 Å². The van der Waals surface area contributed by atoms with Gasteiger partial charge in [0, 0.05) is 11.8 Å². The maximum Gasteiger partial charge on any atom is 0.383 e. The summed E-state index contributed by atoms with van der Waals surface area (Å²) in [6.07, 6.45) is 5.97. The summed E-state index contributed by atoms with van der Waals surface area (Å²) < 4.78 is 121. The quantitative estimate of drug-likeness (QED) is 0.0782. The second-order valence-electron chi connectivity index (χ2n) is 13.2. The molecule has 0 spiro atoms. The number of halogens is 7. The minimum Gasteiger partial charge on any atom is -0.417 e. The molecule has 0 amide bonds. The Morgan fingerprint density at radius 1 is 0.766 bits per heavy atom. The van der Waals surface area contributed by atoms with Crippen molar-refractivity contribution in [2.75, 3.05) is 13.2 Å². The van der Waals surface area contributed by atoms with Crippen LogP contribution in [0.15, 0.2) is 24.3 Å². The first kappa shape index (κ1) is 35.6. The summed E-state index contributed by atoms with van der Waals surface area (Å²) in [7, 11) is 0. The normalized spacial score (nSPS) is 27.1. The molecule has 260 valence electrons. The summed E-state index contributed by atoms with van der Waals surface area (Å²) in [6.45, 7) is 3.69. The lowest BCUT2D eigenvalue weighted by atomic mass is 9.70. The van der Waals surface area contributed by atoms with Crippen molar-refractivity contribution in [3.05, 3.63) is 64.5 Å². The molecule has 0 N–H and O–H groups in total. The lowest BCUT2D eigenvalue weighted by molar-refractivity contribution is -0.278. The van der Waals surface area contributed by atoms with Gasteiger partial charge < -0.3 is 18.9 Å². The lowest BCUT2D eigenvalue weighted by Crippen LogP contribution is -2.39. The van der Waals surface area contributed by atoms with E-state index in [2.05, 4.69) is 11.7 Å². The van der Waals surface area contributed by atoms with Crippen LogP contribution in [0.1, 0.15) is 99.9 Å². The topological polar surface area (TPSA) is 54.0 Å². The van der Waals surface area contributed by atoms with Crippen LogP contribution >= 0.6 is 0 Å². The molecule has 5 rings (SSSR count). The van der Waals surface area contributed by atoms with Crippen molar-refractivity contribution in [2.24, 2.45) is 23.7 Å². The first-order chi connectivity index (χ1) is 22.4. The lowest BCUT2D eigenvalue weighted by Gasteiger charge is -2.41. The van der Waals surface area contributed by atoms with Crippen molar-refractivity contribution in [1.29, 1.82) is 0 Å². The average molecular weight is 675 g/mol.